The largest absolute Gasteiger partial charge is 0.491 e. The van der Waals surface area contributed by atoms with Gasteiger partial charge >= 0.3 is 0 Å². The summed E-state index contributed by atoms with van der Waals surface area (Å²) in [6.07, 6.45) is 0.117. The van der Waals surface area contributed by atoms with Gasteiger partial charge in [0.2, 0.25) is 0 Å². The highest BCUT2D eigenvalue weighted by Crippen LogP contribution is 2.19. The van der Waals surface area contributed by atoms with E-state index in [4.69, 9.17) is 4.74 Å². The quantitative estimate of drug-likeness (QED) is 0.675. The van der Waals surface area contributed by atoms with Gasteiger partial charge in [0.25, 0.3) is 5.91 Å². The third-order valence-corrected chi connectivity index (χ3v) is 4.92. The standard InChI is InChI=1S/C22H25N5O2/c1-14(2)29-20-8-6-19(7-9-20)27-15(3)21(25-26-27)22(28)24-11-16-4-5-17-12-23-13-18(17)10-16/h4-10,14,23H,11-13H2,1-3H3,(H,24,28). The smallest absolute Gasteiger partial charge is 0.274 e. The number of rotatable bonds is 6. The Morgan fingerprint density at radius 1 is 1.17 bits per heavy atom. The van der Waals surface area contributed by atoms with E-state index in [1.165, 1.54) is 11.1 Å². The zero-order valence-electron chi connectivity index (χ0n) is 16.9. The van der Waals surface area contributed by atoms with Gasteiger partial charge in [0, 0.05) is 19.6 Å². The molecule has 1 aliphatic rings. The number of benzene rings is 2. The zero-order chi connectivity index (χ0) is 20.4. The van der Waals surface area contributed by atoms with E-state index in [2.05, 4.69) is 39.1 Å². The van der Waals surface area contributed by atoms with Crippen molar-refractivity contribution in [3.8, 4) is 11.4 Å². The van der Waals surface area contributed by atoms with Crippen molar-refractivity contribution in [3.63, 3.8) is 0 Å². The Morgan fingerprint density at radius 2 is 1.93 bits per heavy atom. The molecule has 2 aromatic carbocycles. The van der Waals surface area contributed by atoms with Crippen molar-refractivity contribution >= 4 is 5.91 Å². The van der Waals surface area contributed by atoms with Crippen LogP contribution in [0, 0.1) is 6.92 Å². The molecular weight excluding hydrogens is 366 g/mol. The maximum absolute atomic E-state index is 12.6. The molecule has 1 amide bonds. The topological polar surface area (TPSA) is 81.1 Å². The molecule has 1 aromatic heterocycles. The second-order valence-corrected chi connectivity index (χ2v) is 7.49. The molecule has 0 radical (unpaired) electrons. The van der Waals surface area contributed by atoms with Gasteiger partial charge in [0.1, 0.15) is 5.75 Å². The summed E-state index contributed by atoms with van der Waals surface area (Å²) in [7, 11) is 0. The summed E-state index contributed by atoms with van der Waals surface area (Å²) in [6, 6.07) is 13.9. The minimum atomic E-state index is -0.230. The van der Waals surface area contributed by atoms with Crippen LogP contribution in [0.3, 0.4) is 0 Å². The Hall–Kier alpha value is -3.19. The fourth-order valence-corrected chi connectivity index (χ4v) is 3.45. The molecule has 4 rings (SSSR count). The molecule has 0 saturated carbocycles. The maximum atomic E-state index is 12.6. The predicted octanol–water partition coefficient (Wildman–Crippen LogP) is 2.90. The van der Waals surface area contributed by atoms with Crippen LogP contribution in [0.2, 0.25) is 0 Å². The zero-order valence-corrected chi connectivity index (χ0v) is 16.9. The summed E-state index contributed by atoms with van der Waals surface area (Å²) in [4.78, 5) is 12.6. The van der Waals surface area contributed by atoms with Gasteiger partial charge < -0.3 is 15.4 Å². The number of ether oxygens (including phenoxy) is 1. The lowest BCUT2D eigenvalue weighted by atomic mass is 10.1. The molecule has 2 heterocycles. The number of hydrogen-bond donors (Lipinski definition) is 2. The van der Waals surface area contributed by atoms with Crippen molar-refractivity contribution in [2.24, 2.45) is 0 Å². The van der Waals surface area contributed by atoms with Gasteiger partial charge in [-0.05, 0) is 61.7 Å². The van der Waals surface area contributed by atoms with Gasteiger partial charge in [0.15, 0.2) is 5.69 Å². The molecule has 0 aliphatic carbocycles. The third kappa shape index (κ3) is 4.14. The fraction of sp³-hybridized carbons (Fsp3) is 0.318. The Labute approximate surface area is 170 Å². The van der Waals surface area contributed by atoms with E-state index in [-0.39, 0.29) is 12.0 Å². The first kappa shape index (κ1) is 19.1. The highest BCUT2D eigenvalue weighted by atomic mass is 16.5. The lowest BCUT2D eigenvalue weighted by Crippen LogP contribution is -2.24. The normalized spacial score (nSPS) is 12.8. The first-order valence-corrected chi connectivity index (χ1v) is 9.80. The van der Waals surface area contributed by atoms with Crippen LogP contribution in [0.4, 0.5) is 0 Å². The van der Waals surface area contributed by atoms with Crippen LogP contribution in [0.5, 0.6) is 5.75 Å². The molecule has 150 valence electrons. The van der Waals surface area contributed by atoms with Gasteiger partial charge in [-0.25, -0.2) is 4.68 Å². The first-order valence-electron chi connectivity index (χ1n) is 9.80. The van der Waals surface area contributed by atoms with Gasteiger partial charge in [0.05, 0.1) is 17.5 Å². The molecule has 7 nitrogen and oxygen atoms in total. The van der Waals surface area contributed by atoms with E-state index in [0.717, 1.165) is 30.1 Å². The van der Waals surface area contributed by atoms with E-state index in [9.17, 15) is 4.79 Å². The van der Waals surface area contributed by atoms with Crippen molar-refractivity contribution in [1.29, 1.82) is 0 Å². The molecule has 0 spiro atoms. The Bertz CT molecular complexity index is 1020. The molecule has 3 aromatic rings. The lowest BCUT2D eigenvalue weighted by Gasteiger charge is -2.10. The fourth-order valence-electron chi connectivity index (χ4n) is 3.45. The van der Waals surface area contributed by atoms with E-state index in [0.29, 0.717) is 17.9 Å². The number of aromatic nitrogens is 3. The molecule has 0 atom stereocenters. The number of carbonyl (C=O) groups excluding carboxylic acids is 1. The number of nitrogens with one attached hydrogen (secondary N) is 2. The number of carbonyl (C=O) groups is 1. The van der Waals surface area contributed by atoms with Crippen LogP contribution in [-0.4, -0.2) is 27.0 Å². The monoisotopic (exact) mass is 391 g/mol. The number of nitrogens with zero attached hydrogens (tertiary/aromatic N) is 3. The summed E-state index contributed by atoms with van der Waals surface area (Å²) in [5.74, 6) is 0.566. The minimum Gasteiger partial charge on any atom is -0.491 e. The van der Waals surface area contributed by atoms with Crippen molar-refractivity contribution in [1.82, 2.24) is 25.6 Å². The summed E-state index contributed by atoms with van der Waals surface area (Å²) in [6.45, 7) is 8.06. The predicted molar refractivity (Wildman–Crippen MR) is 110 cm³/mol. The maximum Gasteiger partial charge on any atom is 0.274 e. The molecule has 0 fully saturated rings. The average molecular weight is 391 g/mol. The first-order chi connectivity index (χ1) is 14.0. The molecule has 29 heavy (non-hydrogen) atoms. The lowest BCUT2D eigenvalue weighted by molar-refractivity contribution is 0.0945. The number of amides is 1. The Balaban J connectivity index is 1.44. The second kappa shape index (κ2) is 8.05. The van der Waals surface area contributed by atoms with Crippen LogP contribution in [-0.2, 0) is 19.6 Å². The van der Waals surface area contributed by atoms with E-state index >= 15 is 0 Å². The second-order valence-electron chi connectivity index (χ2n) is 7.49. The third-order valence-electron chi connectivity index (χ3n) is 4.92. The minimum absolute atomic E-state index is 0.117. The molecule has 0 saturated heterocycles. The summed E-state index contributed by atoms with van der Waals surface area (Å²) in [5, 5.41) is 14.5. The number of fused-ring (bicyclic) bond motifs is 1. The number of hydrogen-bond acceptors (Lipinski definition) is 5. The Morgan fingerprint density at radius 3 is 2.69 bits per heavy atom. The molecule has 7 heteroatoms. The molecule has 1 aliphatic heterocycles. The molecule has 0 bridgehead atoms. The molecule has 2 N–H and O–H groups in total. The molecular formula is C22H25N5O2. The van der Waals surface area contributed by atoms with Crippen LogP contribution in [0.1, 0.15) is 46.7 Å². The van der Waals surface area contributed by atoms with Crippen LogP contribution >= 0.6 is 0 Å². The van der Waals surface area contributed by atoms with Gasteiger partial charge in [-0.2, -0.15) is 0 Å². The van der Waals surface area contributed by atoms with Gasteiger partial charge in [-0.1, -0.05) is 23.4 Å². The van der Waals surface area contributed by atoms with Gasteiger partial charge in [-0.3, -0.25) is 4.79 Å². The van der Waals surface area contributed by atoms with E-state index < -0.39 is 0 Å². The average Bonchev–Trinajstić information content (AvgIpc) is 3.32. The molecule has 0 unspecified atom stereocenters. The van der Waals surface area contributed by atoms with Crippen molar-refractivity contribution in [2.45, 2.75) is 46.5 Å². The summed E-state index contributed by atoms with van der Waals surface area (Å²) in [5.41, 5.74) is 5.55. The highest BCUT2D eigenvalue weighted by Gasteiger charge is 2.18. The summed E-state index contributed by atoms with van der Waals surface area (Å²) < 4.78 is 7.33. The highest BCUT2D eigenvalue weighted by molar-refractivity contribution is 5.93. The van der Waals surface area contributed by atoms with E-state index in [1.54, 1.807) is 4.68 Å². The van der Waals surface area contributed by atoms with Crippen molar-refractivity contribution in [3.05, 3.63) is 70.5 Å². The SMILES string of the molecule is Cc1c(C(=O)NCc2ccc3c(c2)CNC3)nnn1-c1ccc(OC(C)C)cc1. The van der Waals surface area contributed by atoms with Crippen LogP contribution in [0.25, 0.3) is 5.69 Å². The van der Waals surface area contributed by atoms with Crippen molar-refractivity contribution < 1.29 is 9.53 Å². The van der Waals surface area contributed by atoms with E-state index in [1.807, 2.05) is 45.0 Å². The summed E-state index contributed by atoms with van der Waals surface area (Å²) >= 11 is 0. The van der Waals surface area contributed by atoms with Crippen LogP contribution in [0.15, 0.2) is 42.5 Å². The van der Waals surface area contributed by atoms with Gasteiger partial charge in [-0.15, -0.1) is 5.10 Å². The van der Waals surface area contributed by atoms with Crippen molar-refractivity contribution in [2.75, 3.05) is 0 Å². The van der Waals surface area contributed by atoms with Crippen LogP contribution < -0.4 is 15.4 Å². The Kier molecular flexibility index (Phi) is 5.31.